The van der Waals surface area contributed by atoms with Crippen molar-refractivity contribution in [2.75, 3.05) is 13.1 Å². The molecule has 116 valence electrons. The van der Waals surface area contributed by atoms with Gasteiger partial charge in [0.05, 0.1) is 12.0 Å². The Hall–Kier alpha value is -1.43. The highest BCUT2D eigenvalue weighted by molar-refractivity contribution is 5.74. The van der Waals surface area contributed by atoms with E-state index in [0.29, 0.717) is 0 Å². The zero-order valence-electron chi connectivity index (χ0n) is 12.7. The lowest BCUT2D eigenvalue weighted by atomic mass is 9.76. The smallest absolute Gasteiger partial charge is 0.309 e. The van der Waals surface area contributed by atoms with Gasteiger partial charge in [-0.05, 0) is 45.2 Å². The molecule has 1 N–H and O–H groups in total. The molecule has 6 nitrogen and oxygen atoms in total. The molecular formula is C15H24N4O2. The first-order valence-corrected chi connectivity index (χ1v) is 8.01. The predicted molar refractivity (Wildman–Crippen MR) is 77.8 cm³/mol. The van der Waals surface area contributed by atoms with Gasteiger partial charge < -0.3 is 9.67 Å². The second kappa shape index (κ2) is 5.75. The van der Waals surface area contributed by atoms with Crippen molar-refractivity contribution in [1.82, 2.24) is 19.7 Å². The Balaban J connectivity index is 1.63. The van der Waals surface area contributed by atoms with Crippen molar-refractivity contribution < 1.29 is 9.90 Å². The van der Waals surface area contributed by atoms with Crippen LogP contribution in [0.1, 0.15) is 50.7 Å². The van der Waals surface area contributed by atoms with Crippen LogP contribution in [0.15, 0.2) is 0 Å². The third-order valence-corrected chi connectivity index (χ3v) is 5.24. The van der Waals surface area contributed by atoms with Gasteiger partial charge in [0.25, 0.3) is 0 Å². The maximum Gasteiger partial charge on any atom is 0.309 e. The van der Waals surface area contributed by atoms with E-state index in [4.69, 9.17) is 0 Å². The molecule has 3 rings (SSSR count). The number of carboxylic acid groups (broad SMARTS) is 1. The molecule has 3 heterocycles. The summed E-state index contributed by atoms with van der Waals surface area (Å²) in [6, 6.07) is 0. The average molecular weight is 292 g/mol. The normalized spacial score (nSPS) is 22.0. The fourth-order valence-electron chi connectivity index (χ4n) is 3.54. The van der Waals surface area contributed by atoms with Crippen molar-refractivity contribution in [2.45, 2.75) is 58.5 Å². The van der Waals surface area contributed by atoms with Crippen molar-refractivity contribution in [3.63, 3.8) is 0 Å². The van der Waals surface area contributed by atoms with Crippen LogP contribution in [0.5, 0.6) is 0 Å². The molecule has 0 spiro atoms. The zero-order valence-corrected chi connectivity index (χ0v) is 12.7. The van der Waals surface area contributed by atoms with Gasteiger partial charge in [-0.1, -0.05) is 6.92 Å². The summed E-state index contributed by atoms with van der Waals surface area (Å²) in [4.78, 5) is 13.8. The molecule has 21 heavy (non-hydrogen) atoms. The molecule has 0 radical (unpaired) electrons. The van der Waals surface area contributed by atoms with E-state index in [1.165, 1.54) is 12.8 Å². The Bertz CT molecular complexity index is 518. The van der Waals surface area contributed by atoms with E-state index in [1.54, 1.807) is 0 Å². The van der Waals surface area contributed by atoms with Crippen molar-refractivity contribution >= 4 is 5.97 Å². The van der Waals surface area contributed by atoms with E-state index in [9.17, 15) is 9.90 Å². The minimum Gasteiger partial charge on any atom is -0.481 e. The molecule has 0 atom stereocenters. The van der Waals surface area contributed by atoms with Gasteiger partial charge in [0.2, 0.25) is 0 Å². The second-order valence-electron chi connectivity index (χ2n) is 6.36. The van der Waals surface area contributed by atoms with Gasteiger partial charge in [0.15, 0.2) is 0 Å². The van der Waals surface area contributed by atoms with E-state index >= 15 is 0 Å². The van der Waals surface area contributed by atoms with Crippen molar-refractivity contribution in [3.8, 4) is 0 Å². The van der Waals surface area contributed by atoms with Gasteiger partial charge in [-0.15, -0.1) is 10.2 Å². The fraction of sp³-hybridized carbons (Fsp3) is 0.800. The highest BCUT2D eigenvalue weighted by Crippen LogP contribution is 2.35. The molecule has 0 aromatic carbocycles. The number of aromatic nitrogens is 3. The summed E-state index contributed by atoms with van der Waals surface area (Å²) in [6.07, 6.45) is 5.64. The Labute approximate surface area is 125 Å². The number of hydrogen-bond donors (Lipinski definition) is 1. The highest BCUT2D eigenvalue weighted by atomic mass is 16.4. The number of carbonyl (C=O) groups is 1. The highest BCUT2D eigenvalue weighted by Gasteiger charge is 2.39. The molecule has 1 fully saturated rings. The molecule has 1 aromatic rings. The average Bonchev–Trinajstić information content (AvgIpc) is 2.91. The number of rotatable bonds is 4. The first kappa shape index (κ1) is 14.5. The number of piperidine rings is 1. The number of aryl methyl sites for hydroxylation is 1. The molecule has 0 unspecified atom stereocenters. The third kappa shape index (κ3) is 2.69. The summed E-state index contributed by atoms with van der Waals surface area (Å²) in [7, 11) is 0. The van der Waals surface area contributed by atoms with Gasteiger partial charge in [-0.3, -0.25) is 9.69 Å². The number of hydrogen-bond acceptors (Lipinski definition) is 4. The van der Waals surface area contributed by atoms with Crippen LogP contribution in [0, 0.1) is 5.41 Å². The van der Waals surface area contributed by atoms with Gasteiger partial charge in [-0.25, -0.2) is 0 Å². The number of likely N-dealkylation sites (tertiary alicyclic amines) is 1. The van der Waals surface area contributed by atoms with Crippen LogP contribution in [-0.2, 0) is 24.3 Å². The molecule has 0 amide bonds. The minimum atomic E-state index is -0.635. The zero-order chi connectivity index (χ0) is 14.9. The SMILES string of the molecule is CCC1(C(=O)O)CCN(Cc2nnc3n2CCCC3)CC1. The van der Waals surface area contributed by atoms with Crippen molar-refractivity contribution in [1.29, 1.82) is 0 Å². The molecular weight excluding hydrogens is 268 g/mol. The molecule has 2 aliphatic rings. The number of carboxylic acids is 1. The summed E-state index contributed by atoms with van der Waals surface area (Å²) in [5.41, 5.74) is -0.513. The summed E-state index contributed by atoms with van der Waals surface area (Å²) >= 11 is 0. The largest absolute Gasteiger partial charge is 0.481 e. The summed E-state index contributed by atoms with van der Waals surface area (Å²) < 4.78 is 2.25. The Morgan fingerprint density at radius 3 is 2.67 bits per heavy atom. The fourth-order valence-corrected chi connectivity index (χ4v) is 3.54. The van der Waals surface area contributed by atoms with Crippen LogP contribution >= 0.6 is 0 Å². The van der Waals surface area contributed by atoms with E-state index in [-0.39, 0.29) is 0 Å². The third-order valence-electron chi connectivity index (χ3n) is 5.24. The Morgan fingerprint density at radius 1 is 1.24 bits per heavy atom. The summed E-state index contributed by atoms with van der Waals surface area (Å²) in [5, 5.41) is 18.1. The standard InChI is InChI=1S/C15H24N4O2/c1-2-15(14(20)21)6-9-18(10-7-15)11-13-17-16-12-5-3-4-8-19(12)13/h2-11H2,1H3,(H,20,21). The van der Waals surface area contributed by atoms with Crippen LogP contribution in [0.3, 0.4) is 0 Å². The minimum absolute atomic E-state index is 0.513. The predicted octanol–water partition coefficient (Wildman–Crippen LogP) is 1.69. The van der Waals surface area contributed by atoms with Crippen LogP contribution in [0.25, 0.3) is 0 Å². The molecule has 6 heteroatoms. The van der Waals surface area contributed by atoms with Crippen molar-refractivity contribution in [3.05, 3.63) is 11.6 Å². The molecule has 1 aromatic heterocycles. The van der Waals surface area contributed by atoms with Gasteiger partial charge in [0.1, 0.15) is 11.6 Å². The summed E-state index contributed by atoms with van der Waals surface area (Å²) in [5.74, 6) is 1.52. The first-order valence-electron chi connectivity index (χ1n) is 8.01. The van der Waals surface area contributed by atoms with E-state index in [0.717, 1.165) is 63.5 Å². The van der Waals surface area contributed by atoms with E-state index < -0.39 is 11.4 Å². The molecule has 0 bridgehead atoms. The molecule has 1 saturated heterocycles. The lowest BCUT2D eigenvalue weighted by molar-refractivity contribution is -0.152. The second-order valence-corrected chi connectivity index (χ2v) is 6.36. The topological polar surface area (TPSA) is 71.2 Å². The first-order chi connectivity index (χ1) is 10.1. The Kier molecular flexibility index (Phi) is 3.97. The lowest BCUT2D eigenvalue weighted by Crippen LogP contribution is -2.44. The quantitative estimate of drug-likeness (QED) is 0.914. The van der Waals surface area contributed by atoms with Crippen LogP contribution in [0.2, 0.25) is 0 Å². The number of nitrogens with zero attached hydrogens (tertiary/aromatic N) is 4. The van der Waals surface area contributed by atoms with Crippen molar-refractivity contribution in [2.24, 2.45) is 5.41 Å². The van der Waals surface area contributed by atoms with Crippen LogP contribution in [0.4, 0.5) is 0 Å². The van der Waals surface area contributed by atoms with E-state index in [1.807, 2.05) is 6.92 Å². The van der Waals surface area contributed by atoms with Gasteiger partial charge in [0, 0.05) is 13.0 Å². The van der Waals surface area contributed by atoms with Gasteiger partial charge in [-0.2, -0.15) is 0 Å². The Morgan fingerprint density at radius 2 is 2.00 bits per heavy atom. The molecule has 0 saturated carbocycles. The van der Waals surface area contributed by atoms with Crippen LogP contribution in [-0.4, -0.2) is 43.8 Å². The summed E-state index contributed by atoms with van der Waals surface area (Å²) in [6.45, 7) is 5.48. The lowest BCUT2D eigenvalue weighted by Gasteiger charge is -2.38. The van der Waals surface area contributed by atoms with E-state index in [2.05, 4.69) is 19.7 Å². The number of fused-ring (bicyclic) bond motifs is 1. The maximum atomic E-state index is 11.5. The molecule has 0 aliphatic carbocycles. The molecule has 2 aliphatic heterocycles. The monoisotopic (exact) mass is 292 g/mol. The van der Waals surface area contributed by atoms with Gasteiger partial charge >= 0.3 is 5.97 Å². The number of aliphatic carboxylic acids is 1. The maximum absolute atomic E-state index is 11.5. The van der Waals surface area contributed by atoms with Crippen LogP contribution < -0.4 is 0 Å².